The fourth-order valence-electron chi connectivity index (χ4n) is 5.35. The lowest BCUT2D eigenvalue weighted by Gasteiger charge is -2.17. The van der Waals surface area contributed by atoms with Gasteiger partial charge in [-0.3, -0.25) is 14.9 Å². The minimum absolute atomic E-state index is 0.0602. The SMILES string of the molecule is COc1cc(C)c(-c2nc3ccccc3c(=O)n2N=Cc2cc(C)n(-c3ccc([N+](=O)[O-])cc3OC)c2C)cc1C(C)C. The highest BCUT2D eigenvalue weighted by Gasteiger charge is 2.20. The van der Waals surface area contributed by atoms with Crippen LogP contribution in [0.5, 0.6) is 11.5 Å². The number of nitro groups is 1. The lowest BCUT2D eigenvalue weighted by atomic mass is 9.96. The summed E-state index contributed by atoms with van der Waals surface area (Å²) < 4.78 is 14.4. The van der Waals surface area contributed by atoms with Gasteiger partial charge in [-0.05, 0) is 74.2 Å². The van der Waals surface area contributed by atoms with E-state index in [9.17, 15) is 14.9 Å². The molecule has 2 aromatic heterocycles. The largest absolute Gasteiger partial charge is 0.496 e. The van der Waals surface area contributed by atoms with Gasteiger partial charge in [-0.2, -0.15) is 9.78 Å². The molecule has 220 valence electrons. The van der Waals surface area contributed by atoms with Crippen molar-refractivity contribution < 1.29 is 14.4 Å². The van der Waals surface area contributed by atoms with Crippen molar-refractivity contribution in [3.8, 4) is 28.6 Å². The van der Waals surface area contributed by atoms with E-state index >= 15 is 0 Å². The third-order valence-electron chi connectivity index (χ3n) is 7.59. The predicted octanol–water partition coefficient (Wildman–Crippen LogP) is 6.71. The fourth-order valence-corrected chi connectivity index (χ4v) is 5.35. The van der Waals surface area contributed by atoms with Gasteiger partial charge in [0.25, 0.3) is 11.2 Å². The number of hydrogen-bond donors (Lipinski definition) is 0. The van der Waals surface area contributed by atoms with Crippen LogP contribution in [0.4, 0.5) is 5.69 Å². The van der Waals surface area contributed by atoms with E-state index in [1.807, 2.05) is 55.7 Å². The smallest absolute Gasteiger partial charge is 0.282 e. The molecule has 0 fully saturated rings. The second kappa shape index (κ2) is 11.6. The van der Waals surface area contributed by atoms with E-state index in [-0.39, 0.29) is 17.2 Å². The first-order chi connectivity index (χ1) is 20.5. The number of benzene rings is 3. The van der Waals surface area contributed by atoms with Crippen LogP contribution in [0, 0.1) is 30.9 Å². The van der Waals surface area contributed by atoms with Crippen LogP contribution in [0.1, 0.15) is 47.8 Å². The fraction of sp³-hybridized carbons (Fsp3) is 0.242. The lowest BCUT2D eigenvalue weighted by Crippen LogP contribution is -2.21. The first-order valence-electron chi connectivity index (χ1n) is 13.8. The Kier molecular flexibility index (Phi) is 7.86. The zero-order valence-electron chi connectivity index (χ0n) is 25.2. The van der Waals surface area contributed by atoms with E-state index in [2.05, 4.69) is 13.8 Å². The molecule has 0 bridgehead atoms. The van der Waals surface area contributed by atoms with E-state index in [1.54, 1.807) is 31.5 Å². The Balaban J connectivity index is 1.69. The average Bonchev–Trinajstić information content (AvgIpc) is 3.27. The van der Waals surface area contributed by atoms with Crippen molar-refractivity contribution in [3.63, 3.8) is 0 Å². The molecule has 0 aliphatic carbocycles. The van der Waals surface area contributed by atoms with Gasteiger partial charge in [0.05, 0.1) is 48.0 Å². The minimum Gasteiger partial charge on any atom is -0.496 e. The third-order valence-corrected chi connectivity index (χ3v) is 7.59. The molecule has 0 N–H and O–H groups in total. The van der Waals surface area contributed by atoms with Crippen LogP contribution < -0.4 is 15.0 Å². The van der Waals surface area contributed by atoms with Crippen molar-refractivity contribution in [3.05, 3.63) is 109 Å². The molecule has 3 aromatic carbocycles. The van der Waals surface area contributed by atoms with Gasteiger partial charge >= 0.3 is 0 Å². The Bertz CT molecular complexity index is 1970. The lowest BCUT2D eigenvalue weighted by molar-refractivity contribution is -0.384. The molecule has 43 heavy (non-hydrogen) atoms. The van der Waals surface area contributed by atoms with Gasteiger partial charge in [-0.15, -0.1) is 0 Å². The number of hydrogen-bond acceptors (Lipinski definition) is 7. The quantitative estimate of drug-likeness (QED) is 0.115. The summed E-state index contributed by atoms with van der Waals surface area (Å²) in [6.45, 7) is 9.98. The van der Waals surface area contributed by atoms with Crippen molar-refractivity contribution in [2.24, 2.45) is 5.10 Å². The zero-order chi connectivity index (χ0) is 31.0. The Morgan fingerprint density at radius 2 is 1.70 bits per heavy atom. The highest BCUT2D eigenvalue weighted by molar-refractivity contribution is 5.84. The molecule has 10 nitrogen and oxygen atoms in total. The predicted molar refractivity (Wildman–Crippen MR) is 168 cm³/mol. The van der Waals surface area contributed by atoms with Gasteiger partial charge in [0.15, 0.2) is 5.82 Å². The normalized spacial score (nSPS) is 11.5. The van der Waals surface area contributed by atoms with Crippen LogP contribution in [0.15, 0.2) is 70.6 Å². The molecule has 0 spiro atoms. The molecule has 0 saturated heterocycles. The van der Waals surface area contributed by atoms with Gasteiger partial charge in [0, 0.05) is 28.6 Å². The summed E-state index contributed by atoms with van der Waals surface area (Å²) >= 11 is 0. The molecule has 0 radical (unpaired) electrons. The minimum atomic E-state index is -0.457. The molecule has 10 heteroatoms. The molecule has 2 heterocycles. The summed E-state index contributed by atoms with van der Waals surface area (Å²) in [6.07, 6.45) is 1.64. The summed E-state index contributed by atoms with van der Waals surface area (Å²) in [5.74, 6) is 1.75. The highest BCUT2D eigenvalue weighted by atomic mass is 16.6. The molecular formula is C33H33N5O5. The monoisotopic (exact) mass is 579 g/mol. The maximum absolute atomic E-state index is 13.9. The van der Waals surface area contributed by atoms with Crippen LogP contribution in [0.3, 0.4) is 0 Å². The summed E-state index contributed by atoms with van der Waals surface area (Å²) in [5, 5.41) is 16.5. The second-order valence-corrected chi connectivity index (χ2v) is 10.7. The second-order valence-electron chi connectivity index (χ2n) is 10.7. The first kappa shape index (κ1) is 29.2. The van der Waals surface area contributed by atoms with Crippen molar-refractivity contribution in [1.82, 2.24) is 14.2 Å². The molecule has 0 amide bonds. The Hall–Kier alpha value is -5.25. The molecule has 5 rings (SSSR count). The van der Waals surface area contributed by atoms with Crippen LogP contribution in [-0.4, -0.2) is 39.6 Å². The van der Waals surface area contributed by atoms with Crippen molar-refractivity contribution in [2.75, 3.05) is 14.2 Å². The number of fused-ring (bicyclic) bond motifs is 1. The van der Waals surface area contributed by atoms with Crippen molar-refractivity contribution >= 4 is 22.8 Å². The van der Waals surface area contributed by atoms with Gasteiger partial charge in [-0.1, -0.05) is 26.0 Å². The van der Waals surface area contributed by atoms with E-state index < -0.39 is 4.92 Å². The van der Waals surface area contributed by atoms with Crippen molar-refractivity contribution in [1.29, 1.82) is 0 Å². The summed E-state index contributed by atoms with van der Waals surface area (Å²) in [7, 11) is 3.13. The van der Waals surface area contributed by atoms with Crippen LogP contribution in [0.25, 0.3) is 28.0 Å². The number of methoxy groups -OCH3 is 2. The van der Waals surface area contributed by atoms with E-state index in [4.69, 9.17) is 19.6 Å². The molecule has 0 aliphatic heterocycles. The standard InChI is InChI=1S/C33H33N5O5/c1-19(2)26-17-27(20(3)14-30(26)42-6)32-35-28-11-9-8-10-25(28)33(39)37(32)34-18-23-15-21(4)36(22(23)5)29-13-12-24(38(40)41)16-31(29)43-7/h8-19H,1-7H3. The Labute approximate surface area is 249 Å². The van der Waals surface area contributed by atoms with Crippen LogP contribution >= 0.6 is 0 Å². The topological polar surface area (TPSA) is 114 Å². The Morgan fingerprint density at radius 1 is 0.977 bits per heavy atom. The zero-order valence-corrected chi connectivity index (χ0v) is 25.2. The van der Waals surface area contributed by atoms with Gasteiger partial charge in [-0.25, -0.2) is 4.98 Å². The number of para-hydroxylation sites is 1. The van der Waals surface area contributed by atoms with Gasteiger partial charge in [0.2, 0.25) is 0 Å². The number of nitro benzene ring substituents is 1. The number of nitrogens with zero attached hydrogens (tertiary/aromatic N) is 5. The summed E-state index contributed by atoms with van der Waals surface area (Å²) in [5.41, 5.74) is 6.02. The van der Waals surface area contributed by atoms with Gasteiger partial charge < -0.3 is 14.0 Å². The summed E-state index contributed by atoms with van der Waals surface area (Å²) in [6, 6.07) is 17.7. The van der Waals surface area contributed by atoms with Crippen LogP contribution in [0.2, 0.25) is 0 Å². The number of non-ortho nitro benzene ring substituents is 1. The number of ether oxygens (including phenoxy) is 2. The molecular weight excluding hydrogens is 546 g/mol. The van der Waals surface area contributed by atoms with Gasteiger partial charge in [0.1, 0.15) is 11.5 Å². The summed E-state index contributed by atoms with van der Waals surface area (Å²) in [4.78, 5) is 29.6. The first-order valence-corrected chi connectivity index (χ1v) is 13.8. The Morgan fingerprint density at radius 3 is 2.37 bits per heavy atom. The van der Waals surface area contributed by atoms with E-state index in [1.165, 1.54) is 23.9 Å². The molecule has 0 unspecified atom stereocenters. The van der Waals surface area contributed by atoms with E-state index in [0.717, 1.165) is 39.4 Å². The van der Waals surface area contributed by atoms with Crippen LogP contribution in [-0.2, 0) is 0 Å². The molecule has 0 saturated carbocycles. The number of rotatable bonds is 8. The third kappa shape index (κ3) is 5.27. The maximum Gasteiger partial charge on any atom is 0.282 e. The van der Waals surface area contributed by atoms with E-state index in [0.29, 0.717) is 28.2 Å². The maximum atomic E-state index is 13.9. The average molecular weight is 580 g/mol. The number of aryl methyl sites for hydroxylation is 2. The molecule has 0 atom stereocenters. The van der Waals surface area contributed by atoms with Crippen molar-refractivity contribution in [2.45, 2.75) is 40.5 Å². The number of aromatic nitrogens is 3. The highest BCUT2D eigenvalue weighted by Crippen LogP contribution is 2.34. The molecule has 5 aromatic rings. The molecule has 0 aliphatic rings.